The van der Waals surface area contributed by atoms with Gasteiger partial charge in [-0.05, 0) is 62.3 Å². The molecule has 1 spiro atoms. The molecule has 0 unspecified atom stereocenters. The Labute approximate surface area is 116 Å². The highest BCUT2D eigenvalue weighted by Crippen LogP contribution is 2.68. The molecule has 0 heterocycles. The number of benzene rings is 1. The van der Waals surface area contributed by atoms with Crippen LogP contribution in [0.2, 0.25) is 0 Å². The molecule has 1 aromatic carbocycles. The first-order chi connectivity index (χ1) is 9.22. The number of hydrogen-bond donors (Lipinski definition) is 1. The molecule has 0 radical (unpaired) electrons. The minimum atomic E-state index is 0.386. The smallest absolute Gasteiger partial charge is 0.119 e. The van der Waals surface area contributed by atoms with Gasteiger partial charge < -0.3 is 10.1 Å². The second kappa shape index (κ2) is 4.82. The number of rotatable bonds is 6. The van der Waals surface area contributed by atoms with Crippen molar-refractivity contribution >= 4 is 0 Å². The van der Waals surface area contributed by atoms with Crippen LogP contribution < -0.4 is 10.1 Å². The summed E-state index contributed by atoms with van der Waals surface area (Å²) >= 11 is 0. The highest BCUT2D eigenvalue weighted by molar-refractivity contribution is 5.37. The lowest BCUT2D eigenvalue weighted by Crippen LogP contribution is -2.49. The van der Waals surface area contributed by atoms with Crippen molar-refractivity contribution in [1.29, 1.82) is 0 Å². The Morgan fingerprint density at radius 2 is 1.79 bits per heavy atom. The summed E-state index contributed by atoms with van der Waals surface area (Å²) < 4.78 is 5.54. The highest BCUT2D eigenvalue weighted by atomic mass is 16.5. The van der Waals surface area contributed by atoms with E-state index in [1.807, 2.05) is 6.92 Å². The molecule has 2 nitrogen and oxygen atoms in total. The van der Waals surface area contributed by atoms with Gasteiger partial charge in [0.2, 0.25) is 0 Å². The van der Waals surface area contributed by atoms with E-state index in [-0.39, 0.29) is 0 Å². The number of nitrogens with one attached hydrogen (secondary N) is 1. The van der Waals surface area contributed by atoms with E-state index in [1.165, 1.54) is 31.2 Å². The van der Waals surface area contributed by atoms with Gasteiger partial charge in [-0.25, -0.2) is 0 Å². The molecule has 2 fully saturated rings. The monoisotopic (exact) mass is 259 g/mol. The Bertz CT molecular complexity index is 425. The van der Waals surface area contributed by atoms with E-state index in [4.69, 9.17) is 4.74 Å². The highest BCUT2D eigenvalue weighted by Gasteiger charge is 2.60. The fraction of sp³-hybridized carbons (Fsp3) is 0.647. The van der Waals surface area contributed by atoms with Crippen molar-refractivity contribution in [1.82, 2.24) is 5.32 Å². The summed E-state index contributed by atoms with van der Waals surface area (Å²) in [6.45, 7) is 7.15. The molecule has 0 aromatic heterocycles. The zero-order chi connectivity index (χ0) is 13.3. The molecule has 0 amide bonds. The molecule has 2 heteroatoms. The third-order valence-corrected chi connectivity index (χ3v) is 4.87. The van der Waals surface area contributed by atoms with E-state index in [9.17, 15) is 0 Å². The van der Waals surface area contributed by atoms with E-state index in [1.54, 1.807) is 0 Å². The van der Waals surface area contributed by atoms with E-state index in [0.717, 1.165) is 30.9 Å². The first-order valence-corrected chi connectivity index (χ1v) is 7.66. The van der Waals surface area contributed by atoms with E-state index < -0.39 is 0 Å². The lowest BCUT2D eigenvalue weighted by molar-refractivity contribution is 0.117. The number of likely N-dealkylation sites (N-methyl/N-ethyl adjacent to an activating group) is 1. The zero-order valence-corrected chi connectivity index (χ0v) is 12.2. The molecule has 0 saturated heterocycles. The summed E-state index contributed by atoms with van der Waals surface area (Å²) in [6, 6.07) is 8.81. The SMILES string of the molecule is CCNCC1(c2ccc(OCC)cc2)CC2(CC2)C1. The maximum absolute atomic E-state index is 5.54. The van der Waals surface area contributed by atoms with Crippen molar-refractivity contribution in [2.45, 2.75) is 44.9 Å². The topological polar surface area (TPSA) is 21.3 Å². The standard InChI is InChI=1S/C17H25NO/c1-3-18-13-17(11-16(12-17)9-10-16)14-5-7-15(8-6-14)19-4-2/h5-8,18H,3-4,9-13H2,1-2H3. The molecule has 1 aromatic rings. The Kier molecular flexibility index (Phi) is 3.30. The van der Waals surface area contributed by atoms with Crippen LogP contribution >= 0.6 is 0 Å². The molecular formula is C17H25NO. The van der Waals surface area contributed by atoms with Gasteiger partial charge in [0.05, 0.1) is 6.61 Å². The second-order valence-corrected chi connectivity index (χ2v) is 6.37. The summed E-state index contributed by atoms with van der Waals surface area (Å²) in [7, 11) is 0. The lowest BCUT2D eigenvalue weighted by Gasteiger charge is -2.49. The van der Waals surface area contributed by atoms with Gasteiger partial charge in [-0.15, -0.1) is 0 Å². The Balaban J connectivity index is 1.75. The van der Waals surface area contributed by atoms with Gasteiger partial charge in [0, 0.05) is 12.0 Å². The maximum Gasteiger partial charge on any atom is 0.119 e. The fourth-order valence-electron chi connectivity index (χ4n) is 3.78. The van der Waals surface area contributed by atoms with Crippen LogP contribution in [-0.2, 0) is 5.41 Å². The molecule has 0 atom stereocenters. The van der Waals surface area contributed by atoms with Crippen molar-refractivity contribution in [3.05, 3.63) is 29.8 Å². The van der Waals surface area contributed by atoms with Crippen molar-refractivity contribution < 1.29 is 4.74 Å². The van der Waals surface area contributed by atoms with E-state index >= 15 is 0 Å². The van der Waals surface area contributed by atoms with Gasteiger partial charge in [0.15, 0.2) is 0 Å². The van der Waals surface area contributed by atoms with Gasteiger partial charge >= 0.3 is 0 Å². The minimum absolute atomic E-state index is 0.386. The van der Waals surface area contributed by atoms with Crippen LogP contribution in [0.5, 0.6) is 5.75 Å². The molecule has 3 rings (SSSR count). The maximum atomic E-state index is 5.54. The van der Waals surface area contributed by atoms with Gasteiger partial charge in [-0.3, -0.25) is 0 Å². The van der Waals surface area contributed by atoms with Crippen LogP contribution in [-0.4, -0.2) is 19.7 Å². The number of hydrogen-bond acceptors (Lipinski definition) is 2. The second-order valence-electron chi connectivity index (χ2n) is 6.37. The Morgan fingerprint density at radius 3 is 2.32 bits per heavy atom. The molecule has 2 aliphatic rings. The average molecular weight is 259 g/mol. The molecule has 1 N–H and O–H groups in total. The first kappa shape index (κ1) is 13.0. The van der Waals surface area contributed by atoms with Crippen LogP contribution in [0.4, 0.5) is 0 Å². The van der Waals surface area contributed by atoms with E-state index in [2.05, 4.69) is 36.5 Å². The van der Waals surface area contributed by atoms with Crippen LogP contribution in [0.1, 0.15) is 45.1 Å². The summed E-state index contributed by atoms with van der Waals surface area (Å²) in [4.78, 5) is 0. The largest absolute Gasteiger partial charge is 0.494 e. The van der Waals surface area contributed by atoms with Gasteiger partial charge in [0.1, 0.15) is 5.75 Å². The fourth-order valence-corrected chi connectivity index (χ4v) is 3.78. The third-order valence-electron chi connectivity index (χ3n) is 4.87. The molecule has 19 heavy (non-hydrogen) atoms. The average Bonchev–Trinajstić information content (AvgIpc) is 3.16. The third kappa shape index (κ3) is 2.38. The van der Waals surface area contributed by atoms with Crippen molar-refractivity contribution in [2.75, 3.05) is 19.7 Å². The van der Waals surface area contributed by atoms with Crippen LogP contribution in [0.15, 0.2) is 24.3 Å². The zero-order valence-electron chi connectivity index (χ0n) is 12.2. The van der Waals surface area contributed by atoms with Crippen molar-refractivity contribution in [3.63, 3.8) is 0 Å². The van der Waals surface area contributed by atoms with E-state index in [0.29, 0.717) is 5.41 Å². The molecule has 0 bridgehead atoms. The minimum Gasteiger partial charge on any atom is -0.494 e. The summed E-state index contributed by atoms with van der Waals surface area (Å²) in [5, 5.41) is 3.56. The quantitative estimate of drug-likeness (QED) is 0.844. The Hall–Kier alpha value is -1.02. The Morgan fingerprint density at radius 1 is 1.11 bits per heavy atom. The van der Waals surface area contributed by atoms with Gasteiger partial charge in [-0.2, -0.15) is 0 Å². The predicted molar refractivity (Wildman–Crippen MR) is 78.7 cm³/mol. The summed E-state index contributed by atoms with van der Waals surface area (Å²) in [5.41, 5.74) is 2.61. The van der Waals surface area contributed by atoms with Crippen molar-refractivity contribution in [2.24, 2.45) is 5.41 Å². The molecule has 104 valence electrons. The summed E-state index contributed by atoms with van der Waals surface area (Å²) in [5.74, 6) is 0.991. The van der Waals surface area contributed by atoms with Crippen LogP contribution in [0, 0.1) is 5.41 Å². The van der Waals surface area contributed by atoms with Gasteiger partial charge in [0.25, 0.3) is 0 Å². The van der Waals surface area contributed by atoms with Crippen LogP contribution in [0.3, 0.4) is 0 Å². The molecular weight excluding hydrogens is 234 g/mol. The summed E-state index contributed by atoms with van der Waals surface area (Å²) in [6.07, 6.45) is 5.66. The normalized spacial score (nSPS) is 22.0. The molecule has 2 aliphatic carbocycles. The van der Waals surface area contributed by atoms with Crippen molar-refractivity contribution in [3.8, 4) is 5.75 Å². The first-order valence-electron chi connectivity index (χ1n) is 7.66. The predicted octanol–water partition coefficient (Wildman–Crippen LogP) is 3.51. The van der Waals surface area contributed by atoms with Crippen LogP contribution in [0.25, 0.3) is 0 Å². The lowest BCUT2D eigenvalue weighted by atomic mass is 9.56. The number of ether oxygens (including phenoxy) is 1. The molecule has 0 aliphatic heterocycles. The van der Waals surface area contributed by atoms with Gasteiger partial charge in [-0.1, -0.05) is 19.1 Å². The molecule has 2 saturated carbocycles.